The maximum Gasteiger partial charge on any atom is 0.254 e. The Kier molecular flexibility index (Phi) is 4.37. The third-order valence-corrected chi connectivity index (χ3v) is 3.92. The van der Waals surface area contributed by atoms with Crippen molar-refractivity contribution < 1.29 is 14.0 Å². The Morgan fingerprint density at radius 1 is 0.957 bits per heavy atom. The Labute approximate surface area is 134 Å². The first kappa shape index (κ1) is 15.2. The first-order valence-corrected chi connectivity index (χ1v) is 7.55. The minimum absolute atomic E-state index is 0.00857. The first-order chi connectivity index (χ1) is 11.1. The molecule has 4 nitrogen and oxygen atoms in total. The van der Waals surface area contributed by atoms with Crippen LogP contribution in [-0.2, 0) is 4.79 Å². The lowest BCUT2D eigenvalue weighted by molar-refractivity contribution is -0.118. The highest BCUT2D eigenvalue weighted by Gasteiger charge is 2.25. The zero-order valence-electron chi connectivity index (χ0n) is 12.6. The van der Waals surface area contributed by atoms with Crippen LogP contribution in [0.15, 0.2) is 54.6 Å². The van der Waals surface area contributed by atoms with Crippen LogP contribution in [0.1, 0.15) is 16.8 Å². The highest BCUT2D eigenvalue weighted by atomic mass is 19.1. The van der Waals surface area contributed by atoms with Crippen LogP contribution < -0.4 is 4.90 Å². The van der Waals surface area contributed by atoms with E-state index >= 15 is 0 Å². The first-order valence-electron chi connectivity index (χ1n) is 7.55. The molecule has 0 atom stereocenters. The zero-order valence-corrected chi connectivity index (χ0v) is 12.6. The average Bonchev–Trinajstić information content (AvgIpc) is 2.77. The Morgan fingerprint density at radius 2 is 1.74 bits per heavy atom. The van der Waals surface area contributed by atoms with Gasteiger partial charge in [-0.25, -0.2) is 4.39 Å². The number of hydrogen-bond donors (Lipinski definition) is 0. The molecular formula is C18H17FN2O2. The molecule has 3 rings (SSSR count). The summed E-state index contributed by atoms with van der Waals surface area (Å²) < 4.78 is 13.3. The van der Waals surface area contributed by atoms with Gasteiger partial charge in [0.2, 0.25) is 5.91 Å². The second kappa shape index (κ2) is 6.60. The minimum atomic E-state index is -0.437. The maximum atomic E-state index is 13.3. The number of hydrogen-bond acceptors (Lipinski definition) is 2. The topological polar surface area (TPSA) is 40.6 Å². The molecular weight excluding hydrogens is 295 g/mol. The van der Waals surface area contributed by atoms with Crippen molar-refractivity contribution in [3.05, 3.63) is 66.0 Å². The molecule has 23 heavy (non-hydrogen) atoms. The number of halogens is 1. The lowest BCUT2D eigenvalue weighted by Gasteiger charge is -2.22. The van der Waals surface area contributed by atoms with Crippen molar-refractivity contribution in [3.63, 3.8) is 0 Å². The molecule has 1 fully saturated rings. The van der Waals surface area contributed by atoms with E-state index in [0.717, 1.165) is 5.69 Å². The monoisotopic (exact) mass is 312 g/mol. The van der Waals surface area contributed by atoms with E-state index in [1.54, 1.807) is 15.9 Å². The van der Waals surface area contributed by atoms with Gasteiger partial charge in [0, 0.05) is 37.3 Å². The van der Waals surface area contributed by atoms with Crippen molar-refractivity contribution in [2.75, 3.05) is 24.5 Å². The van der Waals surface area contributed by atoms with Crippen molar-refractivity contribution in [2.45, 2.75) is 6.42 Å². The summed E-state index contributed by atoms with van der Waals surface area (Å²) >= 11 is 0. The van der Waals surface area contributed by atoms with E-state index < -0.39 is 5.82 Å². The third-order valence-electron chi connectivity index (χ3n) is 3.92. The number of benzene rings is 2. The molecule has 1 aliphatic rings. The van der Waals surface area contributed by atoms with Gasteiger partial charge >= 0.3 is 0 Å². The van der Waals surface area contributed by atoms with Crippen LogP contribution in [0.25, 0.3) is 0 Å². The summed E-state index contributed by atoms with van der Waals surface area (Å²) in [4.78, 5) is 28.1. The molecule has 0 aromatic heterocycles. The number of nitrogens with zero attached hydrogens (tertiary/aromatic N) is 2. The fraction of sp³-hybridized carbons (Fsp3) is 0.222. The normalized spacial score (nSPS) is 15.4. The number of carbonyl (C=O) groups excluding carboxylic acids is 2. The van der Waals surface area contributed by atoms with Crippen LogP contribution in [0.4, 0.5) is 10.1 Å². The van der Waals surface area contributed by atoms with Crippen molar-refractivity contribution in [1.82, 2.24) is 4.90 Å². The molecule has 0 radical (unpaired) electrons. The van der Waals surface area contributed by atoms with E-state index in [9.17, 15) is 14.0 Å². The number of rotatable bonds is 2. The van der Waals surface area contributed by atoms with E-state index in [1.165, 1.54) is 18.2 Å². The van der Waals surface area contributed by atoms with Crippen molar-refractivity contribution in [3.8, 4) is 0 Å². The summed E-state index contributed by atoms with van der Waals surface area (Å²) in [6, 6.07) is 15.0. The van der Waals surface area contributed by atoms with Crippen LogP contribution in [0.3, 0.4) is 0 Å². The predicted molar refractivity (Wildman–Crippen MR) is 85.7 cm³/mol. The van der Waals surface area contributed by atoms with Crippen molar-refractivity contribution >= 4 is 17.5 Å². The van der Waals surface area contributed by atoms with Gasteiger partial charge < -0.3 is 9.80 Å². The summed E-state index contributed by atoms with van der Waals surface area (Å²) in [5.74, 6) is -0.689. The average molecular weight is 312 g/mol. The standard InChI is InChI=1S/C18H17FN2O2/c19-15-6-4-5-14(13-15)18(23)20-10-9-17(22)21(12-11-20)16-7-2-1-3-8-16/h1-8,13H,9-12H2. The summed E-state index contributed by atoms with van der Waals surface area (Å²) in [6.07, 6.45) is 0.260. The minimum Gasteiger partial charge on any atom is -0.336 e. The summed E-state index contributed by atoms with van der Waals surface area (Å²) in [5, 5.41) is 0. The quantitative estimate of drug-likeness (QED) is 0.855. The number of amides is 2. The molecule has 2 amide bonds. The number of para-hydroxylation sites is 1. The molecule has 0 spiro atoms. The maximum absolute atomic E-state index is 13.3. The largest absolute Gasteiger partial charge is 0.336 e. The van der Waals surface area contributed by atoms with Crippen LogP contribution in [0.5, 0.6) is 0 Å². The van der Waals surface area contributed by atoms with Gasteiger partial charge in [-0.1, -0.05) is 24.3 Å². The van der Waals surface area contributed by atoms with Gasteiger partial charge in [-0.15, -0.1) is 0 Å². The number of carbonyl (C=O) groups is 2. The summed E-state index contributed by atoms with van der Waals surface area (Å²) in [6.45, 7) is 1.21. The predicted octanol–water partition coefficient (Wildman–Crippen LogP) is 2.70. The molecule has 1 aliphatic heterocycles. The van der Waals surface area contributed by atoms with Gasteiger partial charge in [-0.05, 0) is 30.3 Å². The van der Waals surface area contributed by atoms with Gasteiger partial charge in [0.15, 0.2) is 0 Å². The SMILES string of the molecule is O=C(c1cccc(F)c1)N1CCC(=O)N(c2ccccc2)CC1. The molecule has 1 saturated heterocycles. The molecule has 5 heteroatoms. The molecule has 118 valence electrons. The van der Waals surface area contributed by atoms with E-state index in [2.05, 4.69) is 0 Å². The van der Waals surface area contributed by atoms with Crippen LogP contribution in [0, 0.1) is 5.82 Å². The molecule has 1 heterocycles. The van der Waals surface area contributed by atoms with Crippen LogP contribution in [0.2, 0.25) is 0 Å². The summed E-state index contributed by atoms with van der Waals surface area (Å²) in [7, 11) is 0. The fourth-order valence-corrected chi connectivity index (χ4v) is 2.71. The van der Waals surface area contributed by atoms with Gasteiger partial charge in [0.1, 0.15) is 5.82 Å². The Hall–Kier alpha value is -2.69. The van der Waals surface area contributed by atoms with Gasteiger partial charge in [0.25, 0.3) is 5.91 Å². The molecule has 0 saturated carbocycles. The molecule has 0 N–H and O–H groups in total. The lowest BCUT2D eigenvalue weighted by Crippen LogP contribution is -2.35. The molecule has 2 aromatic carbocycles. The molecule has 0 aliphatic carbocycles. The number of anilines is 1. The highest BCUT2D eigenvalue weighted by Crippen LogP contribution is 2.18. The van der Waals surface area contributed by atoms with Crippen LogP contribution in [-0.4, -0.2) is 36.3 Å². The second-order valence-electron chi connectivity index (χ2n) is 5.43. The molecule has 0 unspecified atom stereocenters. The molecule has 0 bridgehead atoms. The zero-order chi connectivity index (χ0) is 16.2. The smallest absolute Gasteiger partial charge is 0.254 e. The Bertz CT molecular complexity index is 718. The van der Waals surface area contributed by atoms with Crippen molar-refractivity contribution in [2.24, 2.45) is 0 Å². The van der Waals surface area contributed by atoms with E-state index in [-0.39, 0.29) is 18.2 Å². The van der Waals surface area contributed by atoms with Crippen LogP contribution >= 0.6 is 0 Å². The lowest BCUT2D eigenvalue weighted by atomic mass is 10.2. The highest BCUT2D eigenvalue weighted by molar-refractivity contribution is 5.97. The second-order valence-corrected chi connectivity index (χ2v) is 5.43. The van der Waals surface area contributed by atoms with Crippen molar-refractivity contribution in [1.29, 1.82) is 0 Å². The van der Waals surface area contributed by atoms with E-state index in [4.69, 9.17) is 0 Å². The fourth-order valence-electron chi connectivity index (χ4n) is 2.71. The van der Waals surface area contributed by atoms with Gasteiger partial charge in [-0.3, -0.25) is 9.59 Å². The van der Waals surface area contributed by atoms with Gasteiger partial charge in [-0.2, -0.15) is 0 Å². The Balaban J connectivity index is 1.75. The van der Waals surface area contributed by atoms with E-state index in [0.29, 0.717) is 25.2 Å². The third kappa shape index (κ3) is 3.39. The molecule has 2 aromatic rings. The summed E-state index contributed by atoms with van der Waals surface area (Å²) in [5.41, 5.74) is 1.14. The Morgan fingerprint density at radius 3 is 2.48 bits per heavy atom. The van der Waals surface area contributed by atoms with Gasteiger partial charge in [0.05, 0.1) is 0 Å². The van der Waals surface area contributed by atoms with E-state index in [1.807, 2.05) is 30.3 Å².